The Hall–Kier alpha value is -1.19. The van der Waals surface area contributed by atoms with E-state index in [1.165, 1.54) is 12.8 Å². The summed E-state index contributed by atoms with van der Waals surface area (Å²) in [6.45, 7) is 2.13. The number of oxazole rings is 1. The summed E-state index contributed by atoms with van der Waals surface area (Å²) in [7, 11) is 0. The lowest BCUT2D eigenvalue weighted by atomic mass is 10.4. The maximum Gasteiger partial charge on any atom is 0.293 e. The van der Waals surface area contributed by atoms with Crippen molar-refractivity contribution in [3.63, 3.8) is 0 Å². The molecule has 1 aliphatic heterocycles. The van der Waals surface area contributed by atoms with Gasteiger partial charge < -0.3 is 15.1 Å². The van der Waals surface area contributed by atoms with Crippen LogP contribution in [0, 0.1) is 0 Å². The van der Waals surface area contributed by atoms with Crippen molar-refractivity contribution in [1.82, 2.24) is 4.98 Å². The fourth-order valence-electron chi connectivity index (χ4n) is 1.36. The normalized spacial score (nSPS) is 17.6. The quantitative estimate of drug-likeness (QED) is 0.650. The highest BCUT2D eigenvalue weighted by Crippen LogP contribution is 2.21. The van der Waals surface area contributed by atoms with Crippen molar-refractivity contribution in [2.24, 2.45) is 0 Å². The Kier molecular flexibility index (Phi) is 1.45. The number of anilines is 2. The van der Waals surface area contributed by atoms with Crippen LogP contribution in [-0.2, 0) is 0 Å². The summed E-state index contributed by atoms with van der Waals surface area (Å²) in [5.74, 6) is 0.806. The van der Waals surface area contributed by atoms with E-state index in [-0.39, 0.29) is 6.01 Å². The minimum absolute atomic E-state index is 0.256. The molecule has 1 aromatic rings. The molecule has 4 nitrogen and oxygen atoms in total. The van der Waals surface area contributed by atoms with Crippen LogP contribution in [0.5, 0.6) is 0 Å². The molecular weight excluding hydrogens is 142 g/mol. The van der Waals surface area contributed by atoms with Crippen LogP contribution in [0.3, 0.4) is 0 Å². The molecule has 1 aromatic heterocycles. The summed E-state index contributed by atoms with van der Waals surface area (Å²) >= 11 is 0. The number of nitrogen functional groups attached to an aromatic ring is 1. The van der Waals surface area contributed by atoms with Crippen molar-refractivity contribution in [2.75, 3.05) is 23.7 Å². The minimum Gasteiger partial charge on any atom is -0.407 e. The van der Waals surface area contributed by atoms with E-state index in [1.807, 2.05) is 0 Å². The van der Waals surface area contributed by atoms with Gasteiger partial charge in [-0.05, 0) is 12.8 Å². The molecule has 0 atom stereocenters. The Bertz CT molecular complexity index is 240. The summed E-state index contributed by atoms with van der Waals surface area (Å²) in [4.78, 5) is 5.99. The second kappa shape index (κ2) is 2.45. The van der Waals surface area contributed by atoms with Crippen LogP contribution in [0.4, 0.5) is 11.9 Å². The third kappa shape index (κ3) is 1.15. The van der Waals surface area contributed by atoms with Crippen LogP contribution in [-0.4, -0.2) is 18.1 Å². The summed E-state index contributed by atoms with van der Waals surface area (Å²) in [5, 5.41) is 0. The second-order valence-electron chi connectivity index (χ2n) is 2.73. The molecular formula is C7H11N3O. The second-order valence-corrected chi connectivity index (χ2v) is 2.73. The summed E-state index contributed by atoms with van der Waals surface area (Å²) in [6, 6.07) is 0.256. The molecule has 11 heavy (non-hydrogen) atoms. The number of rotatable bonds is 1. The third-order valence-electron chi connectivity index (χ3n) is 1.93. The first-order valence-corrected chi connectivity index (χ1v) is 3.82. The summed E-state index contributed by atoms with van der Waals surface area (Å²) in [6.07, 6.45) is 4.15. The van der Waals surface area contributed by atoms with Gasteiger partial charge in [0.05, 0.1) is 6.20 Å². The molecule has 2 rings (SSSR count). The van der Waals surface area contributed by atoms with Crippen molar-refractivity contribution in [3.8, 4) is 0 Å². The SMILES string of the molecule is Nc1ncc(N2CCCC2)o1. The first-order chi connectivity index (χ1) is 5.36. The molecule has 0 saturated carbocycles. The van der Waals surface area contributed by atoms with E-state index < -0.39 is 0 Å². The van der Waals surface area contributed by atoms with E-state index in [2.05, 4.69) is 9.88 Å². The fraction of sp³-hybridized carbons (Fsp3) is 0.571. The van der Waals surface area contributed by atoms with Gasteiger partial charge in [0.2, 0.25) is 5.88 Å². The Morgan fingerprint density at radius 3 is 2.73 bits per heavy atom. The Balaban J connectivity index is 2.15. The minimum atomic E-state index is 0.256. The van der Waals surface area contributed by atoms with E-state index in [0.717, 1.165) is 19.0 Å². The number of nitrogens with two attached hydrogens (primary N) is 1. The standard InChI is InChI=1S/C7H11N3O/c8-7-9-5-6(11-7)10-3-1-2-4-10/h5H,1-4H2,(H2,8,9). The lowest BCUT2D eigenvalue weighted by Crippen LogP contribution is -2.16. The zero-order valence-corrected chi connectivity index (χ0v) is 6.29. The third-order valence-corrected chi connectivity index (χ3v) is 1.93. The van der Waals surface area contributed by atoms with Crippen molar-refractivity contribution < 1.29 is 4.42 Å². The zero-order chi connectivity index (χ0) is 7.68. The first kappa shape index (κ1) is 6.52. The Morgan fingerprint density at radius 1 is 1.45 bits per heavy atom. The van der Waals surface area contributed by atoms with Gasteiger partial charge in [0.25, 0.3) is 6.01 Å². The van der Waals surface area contributed by atoms with E-state index in [0.29, 0.717) is 0 Å². The fourth-order valence-corrected chi connectivity index (χ4v) is 1.36. The number of hydrogen-bond donors (Lipinski definition) is 1. The lowest BCUT2D eigenvalue weighted by Gasteiger charge is -2.11. The highest BCUT2D eigenvalue weighted by Gasteiger charge is 2.15. The zero-order valence-electron chi connectivity index (χ0n) is 6.29. The molecule has 2 N–H and O–H groups in total. The van der Waals surface area contributed by atoms with Gasteiger partial charge in [-0.3, -0.25) is 0 Å². The Morgan fingerprint density at radius 2 is 2.18 bits per heavy atom. The van der Waals surface area contributed by atoms with E-state index in [4.69, 9.17) is 10.2 Å². The molecule has 1 aliphatic rings. The molecule has 0 radical (unpaired) electrons. The van der Waals surface area contributed by atoms with Crippen molar-refractivity contribution in [3.05, 3.63) is 6.20 Å². The first-order valence-electron chi connectivity index (χ1n) is 3.82. The lowest BCUT2D eigenvalue weighted by molar-refractivity contribution is 0.569. The predicted octanol–water partition coefficient (Wildman–Crippen LogP) is 0.857. The maximum absolute atomic E-state index is 5.34. The van der Waals surface area contributed by atoms with Crippen molar-refractivity contribution >= 4 is 11.9 Å². The molecule has 0 aromatic carbocycles. The van der Waals surface area contributed by atoms with Crippen molar-refractivity contribution in [1.29, 1.82) is 0 Å². The van der Waals surface area contributed by atoms with Crippen LogP contribution in [0.15, 0.2) is 10.6 Å². The number of hydrogen-bond acceptors (Lipinski definition) is 4. The molecule has 1 fully saturated rings. The van der Waals surface area contributed by atoms with Crippen LogP contribution >= 0.6 is 0 Å². The topological polar surface area (TPSA) is 55.3 Å². The van der Waals surface area contributed by atoms with Crippen LogP contribution < -0.4 is 10.6 Å². The van der Waals surface area contributed by atoms with E-state index in [9.17, 15) is 0 Å². The van der Waals surface area contributed by atoms with Gasteiger partial charge in [-0.15, -0.1) is 0 Å². The molecule has 1 saturated heterocycles. The van der Waals surface area contributed by atoms with Gasteiger partial charge >= 0.3 is 0 Å². The molecule has 0 unspecified atom stereocenters. The molecule has 2 heterocycles. The largest absolute Gasteiger partial charge is 0.407 e. The monoisotopic (exact) mass is 153 g/mol. The van der Waals surface area contributed by atoms with Gasteiger partial charge in [0.1, 0.15) is 0 Å². The summed E-state index contributed by atoms with van der Waals surface area (Å²) in [5.41, 5.74) is 5.34. The molecule has 0 amide bonds. The molecule has 0 bridgehead atoms. The number of aromatic nitrogens is 1. The van der Waals surface area contributed by atoms with Gasteiger partial charge in [-0.2, -0.15) is 4.98 Å². The highest BCUT2D eigenvalue weighted by atomic mass is 16.4. The molecule has 4 heteroatoms. The van der Waals surface area contributed by atoms with Gasteiger partial charge in [0.15, 0.2) is 0 Å². The van der Waals surface area contributed by atoms with E-state index >= 15 is 0 Å². The molecule has 0 aliphatic carbocycles. The van der Waals surface area contributed by atoms with Crippen LogP contribution in [0.1, 0.15) is 12.8 Å². The van der Waals surface area contributed by atoms with Crippen LogP contribution in [0.25, 0.3) is 0 Å². The smallest absolute Gasteiger partial charge is 0.293 e. The summed E-state index contributed by atoms with van der Waals surface area (Å²) < 4.78 is 5.16. The maximum atomic E-state index is 5.34. The van der Waals surface area contributed by atoms with Crippen LogP contribution in [0.2, 0.25) is 0 Å². The highest BCUT2D eigenvalue weighted by molar-refractivity contribution is 5.36. The average Bonchev–Trinajstić information content (AvgIpc) is 2.55. The average molecular weight is 153 g/mol. The van der Waals surface area contributed by atoms with E-state index in [1.54, 1.807) is 6.20 Å². The van der Waals surface area contributed by atoms with Gasteiger partial charge in [-0.1, -0.05) is 0 Å². The van der Waals surface area contributed by atoms with Gasteiger partial charge in [0, 0.05) is 13.1 Å². The predicted molar refractivity (Wildman–Crippen MR) is 42.4 cm³/mol. The van der Waals surface area contributed by atoms with Crippen molar-refractivity contribution in [2.45, 2.75) is 12.8 Å². The van der Waals surface area contributed by atoms with Gasteiger partial charge in [-0.25, -0.2) is 0 Å². The number of nitrogens with zero attached hydrogens (tertiary/aromatic N) is 2. The molecule has 0 spiro atoms. The Labute approximate surface area is 65.0 Å². The molecule has 60 valence electrons.